The van der Waals surface area contributed by atoms with Crippen LogP contribution in [-0.4, -0.2) is 46.7 Å². The zero-order chi connectivity index (χ0) is 18.2. The van der Waals surface area contributed by atoms with Crippen LogP contribution in [0.5, 0.6) is 0 Å². The molecule has 5 nitrogen and oxygen atoms in total. The largest absolute Gasteiger partial charge is 0.469 e. The molecule has 0 saturated heterocycles. The molecule has 0 fully saturated rings. The molecule has 0 aliphatic carbocycles. The highest BCUT2D eigenvalue weighted by molar-refractivity contribution is 5.68. The van der Waals surface area contributed by atoms with Crippen molar-refractivity contribution >= 4 is 5.97 Å². The van der Waals surface area contributed by atoms with Gasteiger partial charge in [0.05, 0.1) is 25.4 Å². The Morgan fingerprint density at radius 2 is 1.42 bits per heavy atom. The number of aliphatic hydroxyl groups is 3. The molecule has 144 valence electrons. The molecule has 0 radical (unpaired) electrons. The van der Waals surface area contributed by atoms with Crippen molar-refractivity contribution < 1.29 is 24.9 Å². The molecule has 5 heteroatoms. The van der Waals surface area contributed by atoms with Gasteiger partial charge in [-0.2, -0.15) is 0 Å². The number of hydrogen-bond acceptors (Lipinski definition) is 5. The first-order valence-electron chi connectivity index (χ1n) is 9.62. The molecule has 0 rings (SSSR count). The van der Waals surface area contributed by atoms with Crippen LogP contribution in [0.1, 0.15) is 90.4 Å². The molecule has 0 aliphatic heterocycles. The Hall–Kier alpha value is -0.650. The van der Waals surface area contributed by atoms with E-state index in [0.29, 0.717) is 19.3 Å². The minimum absolute atomic E-state index is 0.165. The summed E-state index contributed by atoms with van der Waals surface area (Å²) in [5, 5.41) is 29.8. The maximum atomic E-state index is 10.9. The zero-order valence-electron chi connectivity index (χ0n) is 15.6. The number of methoxy groups -OCH3 is 1. The summed E-state index contributed by atoms with van der Waals surface area (Å²) in [5.74, 6) is -0.165. The van der Waals surface area contributed by atoms with Gasteiger partial charge in [0.25, 0.3) is 0 Å². The summed E-state index contributed by atoms with van der Waals surface area (Å²) in [6.07, 6.45) is 8.94. The Balaban J connectivity index is 3.57. The molecule has 3 N–H and O–H groups in total. The average molecular weight is 347 g/mol. The third-order valence-corrected chi connectivity index (χ3v) is 4.46. The molecule has 0 aliphatic rings. The highest BCUT2D eigenvalue weighted by Gasteiger charge is 2.19. The average Bonchev–Trinajstić information content (AvgIpc) is 2.57. The summed E-state index contributed by atoms with van der Waals surface area (Å²) in [6.45, 7) is 2.15. The van der Waals surface area contributed by atoms with E-state index in [0.717, 1.165) is 44.9 Å². The smallest absolute Gasteiger partial charge is 0.305 e. The molecular weight excluding hydrogens is 308 g/mol. The van der Waals surface area contributed by atoms with Crippen molar-refractivity contribution in [2.24, 2.45) is 0 Å². The lowest BCUT2D eigenvalue weighted by atomic mass is 9.98. The second-order valence-electron chi connectivity index (χ2n) is 6.76. The molecule has 0 bridgehead atoms. The van der Waals surface area contributed by atoms with E-state index in [9.17, 15) is 20.1 Å². The van der Waals surface area contributed by atoms with E-state index in [-0.39, 0.29) is 12.4 Å². The predicted molar refractivity (Wildman–Crippen MR) is 95.7 cm³/mol. The highest BCUT2D eigenvalue weighted by Crippen LogP contribution is 2.15. The first-order valence-corrected chi connectivity index (χ1v) is 9.62. The van der Waals surface area contributed by atoms with E-state index in [4.69, 9.17) is 0 Å². The fourth-order valence-electron chi connectivity index (χ4n) is 2.81. The summed E-state index contributed by atoms with van der Waals surface area (Å²) in [6, 6.07) is 0. The molecule has 0 unspecified atom stereocenters. The van der Waals surface area contributed by atoms with Gasteiger partial charge in [-0.15, -0.1) is 0 Å². The van der Waals surface area contributed by atoms with E-state index < -0.39 is 18.3 Å². The Labute approximate surface area is 147 Å². The van der Waals surface area contributed by atoms with E-state index >= 15 is 0 Å². The molecule has 3 atom stereocenters. The Morgan fingerprint density at radius 3 is 2.08 bits per heavy atom. The lowest BCUT2D eigenvalue weighted by Crippen LogP contribution is -2.30. The molecule has 0 aromatic heterocycles. The van der Waals surface area contributed by atoms with Gasteiger partial charge in [0, 0.05) is 12.8 Å². The van der Waals surface area contributed by atoms with Crippen molar-refractivity contribution in [2.45, 2.75) is 109 Å². The Morgan fingerprint density at radius 1 is 0.833 bits per heavy atom. The molecule has 0 heterocycles. The quantitative estimate of drug-likeness (QED) is 0.295. The molecule has 0 aromatic carbocycles. The van der Waals surface area contributed by atoms with E-state index in [1.807, 2.05) is 0 Å². The van der Waals surface area contributed by atoms with Gasteiger partial charge in [-0.05, 0) is 19.3 Å². The number of hydrogen-bond donors (Lipinski definition) is 3. The van der Waals surface area contributed by atoms with Crippen molar-refractivity contribution in [3.8, 4) is 0 Å². The Bertz CT molecular complexity index is 295. The van der Waals surface area contributed by atoms with Crippen LogP contribution in [0.3, 0.4) is 0 Å². The van der Waals surface area contributed by atoms with Crippen molar-refractivity contribution in [2.75, 3.05) is 7.11 Å². The number of unbranched alkanes of at least 4 members (excludes halogenated alkanes) is 7. The van der Waals surface area contributed by atoms with Crippen molar-refractivity contribution in [3.05, 3.63) is 0 Å². The van der Waals surface area contributed by atoms with E-state index in [1.54, 1.807) is 0 Å². The lowest BCUT2D eigenvalue weighted by Gasteiger charge is -2.20. The maximum Gasteiger partial charge on any atom is 0.305 e. The molecule has 0 amide bonds. The van der Waals surface area contributed by atoms with Crippen LogP contribution in [0.25, 0.3) is 0 Å². The number of ether oxygens (including phenoxy) is 1. The fraction of sp³-hybridized carbons (Fsp3) is 0.947. The van der Waals surface area contributed by atoms with Gasteiger partial charge in [0.2, 0.25) is 0 Å². The van der Waals surface area contributed by atoms with Gasteiger partial charge < -0.3 is 20.1 Å². The fourth-order valence-corrected chi connectivity index (χ4v) is 2.81. The van der Waals surface area contributed by atoms with Crippen molar-refractivity contribution in [3.63, 3.8) is 0 Å². The van der Waals surface area contributed by atoms with Crippen molar-refractivity contribution in [1.29, 1.82) is 0 Å². The van der Waals surface area contributed by atoms with Gasteiger partial charge >= 0.3 is 5.97 Å². The highest BCUT2D eigenvalue weighted by atomic mass is 16.5. The van der Waals surface area contributed by atoms with Gasteiger partial charge in [0.1, 0.15) is 0 Å². The molecule has 0 aromatic rings. The standard InChI is InChI=1S/C19H38O5/c1-3-4-5-9-12-16(20)15-18(22)17(21)13-10-7-6-8-11-14-19(23)24-2/h16-18,20-22H,3-15H2,1-2H3/t16-,17-,18-/m1/s1. The van der Waals surface area contributed by atoms with Crippen LogP contribution < -0.4 is 0 Å². The number of esters is 1. The van der Waals surface area contributed by atoms with Gasteiger partial charge in [-0.1, -0.05) is 58.3 Å². The first kappa shape index (κ1) is 23.4. The number of aliphatic hydroxyl groups excluding tert-OH is 3. The van der Waals surface area contributed by atoms with Crippen molar-refractivity contribution in [1.82, 2.24) is 0 Å². The minimum Gasteiger partial charge on any atom is -0.469 e. The number of rotatable bonds is 16. The monoisotopic (exact) mass is 346 g/mol. The van der Waals surface area contributed by atoms with Gasteiger partial charge in [-0.3, -0.25) is 4.79 Å². The van der Waals surface area contributed by atoms with E-state index in [2.05, 4.69) is 11.7 Å². The second-order valence-corrected chi connectivity index (χ2v) is 6.76. The third-order valence-electron chi connectivity index (χ3n) is 4.46. The first-order chi connectivity index (χ1) is 11.5. The van der Waals surface area contributed by atoms with Crippen LogP contribution in [0, 0.1) is 0 Å². The van der Waals surface area contributed by atoms with Crippen LogP contribution in [0.2, 0.25) is 0 Å². The number of carbonyl (C=O) groups is 1. The summed E-state index contributed by atoms with van der Waals surface area (Å²) in [4.78, 5) is 10.9. The second kappa shape index (κ2) is 15.9. The van der Waals surface area contributed by atoms with Crippen LogP contribution in [-0.2, 0) is 9.53 Å². The summed E-state index contributed by atoms with van der Waals surface area (Å²) < 4.78 is 4.58. The van der Waals surface area contributed by atoms with Crippen LogP contribution in [0.4, 0.5) is 0 Å². The predicted octanol–water partition coefficient (Wildman–Crippen LogP) is 3.33. The SMILES string of the molecule is CCCCCC[C@@H](O)C[C@@H](O)[C@H](O)CCCCCCCC(=O)OC. The third kappa shape index (κ3) is 13.8. The summed E-state index contributed by atoms with van der Waals surface area (Å²) in [5.41, 5.74) is 0. The maximum absolute atomic E-state index is 10.9. The van der Waals surface area contributed by atoms with Gasteiger partial charge in [-0.25, -0.2) is 0 Å². The van der Waals surface area contributed by atoms with Gasteiger partial charge in [0.15, 0.2) is 0 Å². The van der Waals surface area contributed by atoms with E-state index in [1.165, 1.54) is 20.0 Å². The molecule has 0 spiro atoms. The summed E-state index contributed by atoms with van der Waals surface area (Å²) in [7, 11) is 1.40. The van der Waals surface area contributed by atoms with Crippen LogP contribution in [0.15, 0.2) is 0 Å². The molecule has 24 heavy (non-hydrogen) atoms. The topological polar surface area (TPSA) is 87.0 Å². The normalized spacial score (nSPS) is 15.0. The number of carbonyl (C=O) groups excluding carboxylic acids is 1. The summed E-state index contributed by atoms with van der Waals surface area (Å²) >= 11 is 0. The minimum atomic E-state index is -0.842. The lowest BCUT2D eigenvalue weighted by molar-refractivity contribution is -0.140. The molecule has 0 saturated carbocycles. The van der Waals surface area contributed by atoms with Crippen LogP contribution >= 0.6 is 0 Å². The molecular formula is C19H38O5. The Kier molecular flexibility index (Phi) is 15.4. The zero-order valence-corrected chi connectivity index (χ0v) is 15.6.